The number of aryl methyl sites for hydroxylation is 1. The van der Waals surface area contributed by atoms with Crippen molar-refractivity contribution >= 4 is 11.7 Å². The standard InChI is InChI=1S/C15H17N3O/c1-11-6-5-7-13(10-11)18-15(19)17-12(2)14-8-3-4-9-16-14/h3-10,12H,1-2H3,(H2,17,18,19)/t12-/m1/s1. The summed E-state index contributed by atoms with van der Waals surface area (Å²) < 4.78 is 0. The molecule has 98 valence electrons. The lowest BCUT2D eigenvalue weighted by Gasteiger charge is -2.14. The number of aromatic nitrogens is 1. The highest BCUT2D eigenvalue weighted by Crippen LogP contribution is 2.11. The lowest BCUT2D eigenvalue weighted by atomic mass is 10.2. The van der Waals surface area contributed by atoms with Crippen molar-refractivity contribution in [2.75, 3.05) is 5.32 Å². The van der Waals surface area contributed by atoms with E-state index in [2.05, 4.69) is 15.6 Å². The van der Waals surface area contributed by atoms with Gasteiger partial charge in [-0.15, -0.1) is 0 Å². The van der Waals surface area contributed by atoms with Gasteiger partial charge in [-0.1, -0.05) is 18.2 Å². The third-order valence-corrected chi connectivity index (χ3v) is 2.75. The number of carbonyl (C=O) groups is 1. The summed E-state index contributed by atoms with van der Waals surface area (Å²) in [6.07, 6.45) is 1.71. The number of benzene rings is 1. The Morgan fingerprint density at radius 1 is 1.21 bits per heavy atom. The number of hydrogen-bond donors (Lipinski definition) is 2. The molecule has 0 spiro atoms. The van der Waals surface area contributed by atoms with Crippen molar-refractivity contribution < 1.29 is 4.79 Å². The van der Waals surface area contributed by atoms with Crippen LogP contribution in [0.15, 0.2) is 48.7 Å². The van der Waals surface area contributed by atoms with Crippen LogP contribution in [-0.2, 0) is 0 Å². The fraction of sp³-hybridized carbons (Fsp3) is 0.200. The summed E-state index contributed by atoms with van der Waals surface area (Å²) in [6.45, 7) is 3.89. The van der Waals surface area contributed by atoms with Gasteiger partial charge >= 0.3 is 6.03 Å². The topological polar surface area (TPSA) is 54.0 Å². The number of carbonyl (C=O) groups excluding carboxylic acids is 1. The molecular formula is C15H17N3O. The first-order valence-electron chi connectivity index (χ1n) is 6.20. The Bertz CT molecular complexity index is 554. The molecule has 0 fully saturated rings. The van der Waals surface area contributed by atoms with E-state index in [4.69, 9.17) is 0 Å². The van der Waals surface area contributed by atoms with Crippen LogP contribution in [0.25, 0.3) is 0 Å². The molecule has 4 heteroatoms. The van der Waals surface area contributed by atoms with Crippen LogP contribution in [0.4, 0.5) is 10.5 Å². The average molecular weight is 255 g/mol. The third-order valence-electron chi connectivity index (χ3n) is 2.75. The molecule has 2 aromatic rings. The van der Waals surface area contributed by atoms with Crippen LogP contribution in [0, 0.1) is 6.92 Å². The molecule has 1 heterocycles. The van der Waals surface area contributed by atoms with Gasteiger partial charge in [0.05, 0.1) is 11.7 Å². The third kappa shape index (κ3) is 3.81. The average Bonchev–Trinajstić information content (AvgIpc) is 2.39. The van der Waals surface area contributed by atoms with Crippen LogP contribution >= 0.6 is 0 Å². The fourth-order valence-corrected chi connectivity index (χ4v) is 1.79. The molecule has 1 aromatic heterocycles. The first kappa shape index (κ1) is 13.1. The second kappa shape index (κ2) is 6.00. The zero-order chi connectivity index (χ0) is 13.7. The molecule has 2 amide bonds. The van der Waals surface area contributed by atoms with E-state index in [0.717, 1.165) is 16.9 Å². The number of rotatable bonds is 3. The molecule has 19 heavy (non-hydrogen) atoms. The highest BCUT2D eigenvalue weighted by molar-refractivity contribution is 5.89. The van der Waals surface area contributed by atoms with Crippen LogP contribution in [-0.4, -0.2) is 11.0 Å². The molecule has 0 aliphatic carbocycles. The number of amides is 2. The van der Waals surface area contributed by atoms with Crippen LogP contribution in [0.5, 0.6) is 0 Å². The summed E-state index contributed by atoms with van der Waals surface area (Å²) >= 11 is 0. The van der Waals surface area contributed by atoms with Gasteiger partial charge in [0.25, 0.3) is 0 Å². The highest BCUT2D eigenvalue weighted by atomic mass is 16.2. The number of anilines is 1. The highest BCUT2D eigenvalue weighted by Gasteiger charge is 2.10. The lowest BCUT2D eigenvalue weighted by molar-refractivity contribution is 0.249. The number of hydrogen-bond acceptors (Lipinski definition) is 2. The Hall–Kier alpha value is -2.36. The minimum absolute atomic E-state index is 0.133. The molecule has 0 aliphatic rings. The van der Waals surface area contributed by atoms with E-state index < -0.39 is 0 Å². The molecular weight excluding hydrogens is 238 g/mol. The Morgan fingerprint density at radius 3 is 2.74 bits per heavy atom. The van der Waals surface area contributed by atoms with Crippen molar-refractivity contribution in [3.05, 3.63) is 59.9 Å². The van der Waals surface area contributed by atoms with Crippen molar-refractivity contribution in [1.82, 2.24) is 10.3 Å². The summed E-state index contributed by atoms with van der Waals surface area (Å²) in [4.78, 5) is 16.1. The second-order valence-electron chi connectivity index (χ2n) is 4.44. The van der Waals surface area contributed by atoms with Crippen LogP contribution in [0.3, 0.4) is 0 Å². The predicted molar refractivity (Wildman–Crippen MR) is 76.0 cm³/mol. The molecule has 0 saturated heterocycles. The minimum atomic E-state index is -0.233. The summed E-state index contributed by atoms with van der Waals surface area (Å²) in [5, 5.41) is 5.66. The van der Waals surface area contributed by atoms with Crippen LogP contribution < -0.4 is 10.6 Å². The van der Waals surface area contributed by atoms with Gasteiger partial charge in [0.2, 0.25) is 0 Å². The second-order valence-corrected chi connectivity index (χ2v) is 4.44. The zero-order valence-electron chi connectivity index (χ0n) is 11.1. The Kier molecular flexibility index (Phi) is 4.13. The van der Waals surface area contributed by atoms with Gasteiger partial charge in [-0.2, -0.15) is 0 Å². The van der Waals surface area contributed by atoms with Crippen molar-refractivity contribution in [2.45, 2.75) is 19.9 Å². The number of urea groups is 1. The molecule has 0 unspecified atom stereocenters. The molecule has 0 bridgehead atoms. The molecule has 2 rings (SSSR count). The Morgan fingerprint density at radius 2 is 2.05 bits per heavy atom. The summed E-state index contributed by atoms with van der Waals surface area (Å²) in [6, 6.07) is 12.9. The smallest absolute Gasteiger partial charge is 0.319 e. The lowest BCUT2D eigenvalue weighted by Crippen LogP contribution is -2.31. The number of nitrogens with one attached hydrogen (secondary N) is 2. The van der Waals surface area contributed by atoms with Crippen molar-refractivity contribution in [2.24, 2.45) is 0 Å². The van der Waals surface area contributed by atoms with Crippen molar-refractivity contribution in [1.29, 1.82) is 0 Å². The van der Waals surface area contributed by atoms with Crippen molar-refractivity contribution in [3.8, 4) is 0 Å². The normalized spacial score (nSPS) is 11.7. The van der Waals surface area contributed by atoms with E-state index in [1.165, 1.54) is 0 Å². The molecule has 1 atom stereocenters. The van der Waals surface area contributed by atoms with Gasteiger partial charge in [-0.05, 0) is 43.7 Å². The zero-order valence-corrected chi connectivity index (χ0v) is 11.1. The van der Waals surface area contributed by atoms with Crippen molar-refractivity contribution in [3.63, 3.8) is 0 Å². The minimum Gasteiger partial charge on any atom is -0.330 e. The number of pyridine rings is 1. The monoisotopic (exact) mass is 255 g/mol. The van der Waals surface area contributed by atoms with E-state index in [1.54, 1.807) is 6.20 Å². The van der Waals surface area contributed by atoms with Gasteiger partial charge in [-0.3, -0.25) is 4.98 Å². The van der Waals surface area contributed by atoms with Gasteiger partial charge in [0.15, 0.2) is 0 Å². The van der Waals surface area contributed by atoms with Gasteiger partial charge in [0, 0.05) is 11.9 Å². The van der Waals surface area contributed by atoms with E-state index in [1.807, 2.05) is 56.3 Å². The van der Waals surface area contributed by atoms with Gasteiger partial charge in [-0.25, -0.2) is 4.79 Å². The molecule has 0 radical (unpaired) electrons. The summed E-state index contributed by atoms with van der Waals surface area (Å²) in [5.41, 5.74) is 2.73. The molecule has 1 aromatic carbocycles. The quantitative estimate of drug-likeness (QED) is 0.884. The maximum atomic E-state index is 11.9. The Balaban J connectivity index is 1.95. The molecule has 2 N–H and O–H groups in total. The van der Waals surface area contributed by atoms with E-state index in [-0.39, 0.29) is 12.1 Å². The molecule has 4 nitrogen and oxygen atoms in total. The maximum absolute atomic E-state index is 11.9. The van der Waals surface area contributed by atoms with E-state index in [9.17, 15) is 4.79 Å². The van der Waals surface area contributed by atoms with E-state index >= 15 is 0 Å². The predicted octanol–water partition coefficient (Wildman–Crippen LogP) is 3.27. The number of nitrogens with zero attached hydrogens (tertiary/aromatic N) is 1. The van der Waals surface area contributed by atoms with Crippen LogP contribution in [0.2, 0.25) is 0 Å². The molecule has 0 aliphatic heterocycles. The Labute approximate surface area is 112 Å². The summed E-state index contributed by atoms with van der Waals surface area (Å²) in [5.74, 6) is 0. The maximum Gasteiger partial charge on any atom is 0.319 e. The van der Waals surface area contributed by atoms with Gasteiger partial charge in [0.1, 0.15) is 0 Å². The summed E-state index contributed by atoms with van der Waals surface area (Å²) in [7, 11) is 0. The first-order chi connectivity index (χ1) is 9.15. The largest absolute Gasteiger partial charge is 0.330 e. The SMILES string of the molecule is Cc1cccc(NC(=O)N[C@H](C)c2ccccn2)c1. The van der Waals surface area contributed by atoms with Gasteiger partial charge < -0.3 is 10.6 Å². The molecule has 0 saturated carbocycles. The van der Waals surface area contributed by atoms with E-state index in [0.29, 0.717) is 0 Å². The first-order valence-corrected chi connectivity index (χ1v) is 6.20. The van der Waals surface area contributed by atoms with Crippen LogP contribution in [0.1, 0.15) is 24.2 Å². The fourth-order valence-electron chi connectivity index (χ4n) is 1.79.